The van der Waals surface area contributed by atoms with Crippen molar-refractivity contribution in [3.05, 3.63) is 88.9 Å². The van der Waals surface area contributed by atoms with Gasteiger partial charge in [0, 0.05) is 25.0 Å². The van der Waals surface area contributed by atoms with Crippen molar-refractivity contribution in [2.75, 3.05) is 12.3 Å². The van der Waals surface area contributed by atoms with Crippen LogP contribution in [-0.2, 0) is 13.1 Å². The van der Waals surface area contributed by atoms with Crippen LogP contribution in [0.3, 0.4) is 0 Å². The summed E-state index contributed by atoms with van der Waals surface area (Å²) in [4.78, 5) is 36.4. The first-order valence-electron chi connectivity index (χ1n) is 11.0. The topological polar surface area (TPSA) is 101 Å². The molecular weight excluding hydrogens is 433 g/mol. The van der Waals surface area contributed by atoms with E-state index in [0.717, 1.165) is 11.1 Å². The third-order valence-corrected chi connectivity index (χ3v) is 5.92. The Morgan fingerprint density at radius 2 is 1.76 bits per heavy atom. The van der Waals surface area contributed by atoms with Crippen molar-refractivity contribution in [1.29, 1.82) is 0 Å². The van der Waals surface area contributed by atoms with Gasteiger partial charge in [0.05, 0.1) is 11.1 Å². The largest absolute Gasteiger partial charge is 0.368 e. The van der Waals surface area contributed by atoms with Crippen molar-refractivity contribution in [3.63, 3.8) is 0 Å². The number of hydrogen-bond donors (Lipinski definition) is 2. The predicted octanol–water partition coefficient (Wildman–Crippen LogP) is 3.92. The van der Waals surface area contributed by atoms with Crippen molar-refractivity contribution in [2.45, 2.75) is 20.0 Å². The molecule has 2 amide bonds. The van der Waals surface area contributed by atoms with Gasteiger partial charge in [-0.1, -0.05) is 36.4 Å². The smallest absolute Gasteiger partial charge is 0.273 e. The number of carbonyl (C=O) groups is 2. The molecule has 7 nitrogen and oxygen atoms in total. The highest BCUT2D eigenvalue weighted by Crippen LogP contribution is 2.31. The number of aromatic nitrogens is 2. The summed E-state index contributed by atoms with van der Waals surface area (Å²) in [6, 6.07) is 17.2. The first-order valence-corrected chi connectivity index (χ1v) is 11.0. The number of fused-ring (bicyclic) bond motifs is 2. The lowest BCUT2D eigenvalue weighted by molar-refractivity contribution is 0.0747. The Hall–Kier alpha value is -4.33. The maximum atomic E-state index is 14.0. The van der Waals surface area contributed by atoms with E-state index in [1.165, 1.54) is 12.1 Å². The third-order valence-electron chi connectivity index (χ3n) is 5.92. The van der Waals surface area contributed by atoms with Gasteiger partial charge in [0.1, 0.15) is 11.5 Å². The van der Waals surface area contributed by atoms with Gasteiger partial charge in [0.15, 0.2) is 0 Å². The number of nitrogen functional groups attached to an aromatic ring is 1. The molecule has 170 valence electrons. The van der Waals surface area contributed by atoms with E-state index < -0.39 is 5.82 Å². The molecular formula is C26H22FN5O2. The summed E-state index contributed by atoms with van der Waals surface area (Å²) in [7, 11) is 0. The third kappa shape index (κ3) is 3.83. The zero-order valence-electron chi connectivity index (χ0n) is 18.5. The maximum Gasteiger partial charge on any atom is 0.273 e. The van der Waals surface area contributed by atoms with Gasteiger partial charge < -0.3 is 16.0 Å². The molecule has 0 spiro atoms. The van der Waals surface area contributed by atoms with Crippen LogP contribution in [0.15, 0.2) is 60.7 Å². The fourth-order valence-corrected chi connectivity index (χ4v) is 4.32. The van der Waals surface area contributed by atoms with Gasteiger partial charge in [0.2, 0.25) is 5.95 Å². The summed E-state index contributed by atoms with van der Waals surface area (Å²) >= 11 is 0. The lowest BCUT2D eigenvalue weighted by Gasteiger charge is -2.17. The number of nitrogens with two attached hydrogens (primary N) is 1. The highest BCUT2D eigenvalue weighted by Gasteiger charge is 2.27. The second-order valence-electron chi connectivity index (χ2n) is 8.14. The molecule has 0 atom stereocenters. The average Bonchev–Trinajstić information content (AvgIpc) is 3.27. The molecule has 1 aliphatic heterocycles. The van der Waals surface area contributed by atoms with E-state index in [1.807, 2.05) is 24.3 Å². The summed E-state index contributed by atoms with van der Waals surface area (Å²) < 4.78 is 14.0. The van der Waals surface area contributed by atoms with Crippen LogP contribution in [0, 0.1) is 5.82 Å². The molecule has 0 unspecified atom stereocenters. The van der Waals surface area contributed by atoms with E-state index in [-0.39, 0.29) is 29.0 Å². The Balaban J connectivity index is 1.60. The van der Waals surface area contributed by atoms with Crippen LogP contribution in [0.4, 0.5) is 10.3 Å². The Bertz CT molecular complexity index is 1430. The summed E-state index contributed by atoms with van der Waals surface area (Å²) in [5.41, 5.74) is 10.2. The second kappa shape index (κ2) is 8.55. The minimum Gasteiger partial charge on any atom is -0.368 e. The molecule has 34 heavy (non-hydrogen) atoms. The standard InChI is InChI=1S/C26H22FN5O2/c1-2-29-24(33)20-12-18(27)8-9-19(20)15-7-10-22-21(11-15)23(31-26(28)30-22)25(34)32-13-16-5-3-4-6-17(16)14-32/h3-12H,2,13-14H2,1H3,(H,29,33)(H2,28,30,31). The number of benzene rings is 3. The Labute approximate surface area is 195 Å². The van der Waals surface area contributed by atoms with Crippen LogP contribution >= 0.6 is 0 Å². The van der Waals surface area contributed by atoms with Crippen molar-refractivity contribution in [3.8, 4) is 11.1 Å². The number of hydrogen-bond acceptors (Lipinski definition) is 5. The van der Waals surface area contributed by atoms with E-state index in [1.54, 1.807) is 36.1 Å². The van der Waals surface area contributed by atoms with Crippen molar-refractivity contribution in [2.24, 2.45) is 0 Å². The summed E-state index contributed by atoms with van der Waals surface area (Å²) in [5, 5.41) is 3.22. The molecule has 2 heterocycles. The number of rotatable bonds is 4. The Morgan fingerprint density at radius 3 is 2.47 bits per heavy atom. The molecule has 0 saturated heterocycles. The number of carbonyl (C=O) groups excluding carboxylic acids is 2. The van der Waals surface area contributed by atoms with Gasteiger partial charge in [0.25, 0.3) is 11.8 Å². The highest BCUT2D eigenvalue weighted by molar-refractivity contribution is 6.07. The SMILES string of the molecule is CCNC(=O)c1cc(F)ccc1-c1ccc2nc(N)nc(C(=O)N3Cc4ccccc4C3)c2c1. The van der Waals surface area contributed by atoms with Crippen LogP contribution in [0.25, 0.3) is 22.0 Å². The lowest BCUT2D eigenvalue weighted by Crippen LogP contribution is -2.27. The van der Waals surface area contributed by atoms with E-state index in [2.05, 4.69) is 15.3 Å². The van der Waals surface area contributed by atoms with Crippen molar-refractivity contribution < 1.29 is 14.0 Å². The van der Waals surface area contributed by atoms with E-state index in [0.29, 0.717) is 41.7 Å². The number of anilines is 1. The van der Waals surface area contributed by atoms with Crippen LogP contribution in [0.2, 0.25) is 0 Å². The summed E-state index contributed by atoms with van der Waals surface area (Å²) in [6.07, 6.45) is 0. The Kier molecular flexibility index (Phi) is 5.41. The lowest BCUT2D eigenvalue weighted by atomic mass is 9.97. The summed E-state index contributed by atoms with van der Waals surface area (Å²) in [5.74, 6) is -1.14. The zero-order chi connectivity index (χ0) is 23.8. The quantitative estimate of drug-likeness (QED) is 0.486. The molecule has 0 aliphatic carbocycles. The Morgan fingerprint density at radius 1 is 1.03 bits per heavy atom. The molecule has 4 aromatic rings. The highest BCUT2D eigenvalue weighted by atomic mass is 19.1. The first-order chi connectivity index (χ1) is 16.4. The number of halogens is 1. The first kappa shape index (κ1) is 21.5. The number of amides is 2. The number of nitrogens with zero attached hydrogens (tertiary/aromatic N) is 3. The predicted molar refractivity (Wildman–Crippen MR) is 127 cm³/mol. The minimum atomic E-state index is -0.508. The van der Waals surface area contributed by atoms with Crippen molar-refractivity contribution in [1.82, 2.24) is 20.2 Å². The fraction of sp³-hybridized carbons (Fsp3) is 0.154. The molecule has 3 N–H and O–H groups in total. The minimum absolute atomic E-state index is 0.00473. The average molecular weight is 455 g/mol. The maximum absolute atomic E-state index is 14.0. The van der Waals surface area contributed by atoms with Gasteiger partial charge in [-0.05, 0) is 53.4 Å². The van der Waals surface area contributed by atoms with Crippen LogP contribution in [0.5, 0.6) is 0 Å². The van der Waals surface area contributed by atoms with Crippen LogP contribution in [-0.4, -0.2) is 33.2 Å². The molecule has 0 bridgehead atoms. The van der Waals surface area contributed by atoms with E-state index in [4.69, 9.17) is 5.73 Å². The van der Waals surface area contributed by atoms with Gasteiger partial charge >= 0.3 is 0 Å². The van der Waals surface area contributed by atoms with Crippen LogP contribution < -0.4 is 11.1 Å². The molecule has 5 rings (SSSR count). The van der Waals surface area contributed by atoms with Crippen LogP contribution in [0.1, 0.15) is 38.9 Å². The summed E-state index contributed by atoms with van der Waals surface area (Å²) in [6.45, 7) is 3.18. The number of nitrogens with one attached hydrogen (secondary N) is 1. The molecule has 0 radical (unpaired) electrons. The van der Waals surface area contributed by atoms with Gasteiger partial charge in [-0.2, -0.15) is 0 Å². The molecule has 1 aromatic heterocycles. The van der Waals surface area contributed by atoms with E-state index in [9.17, 15) is 14.0 Å². The fourth-order valence-electron chi connectivity index (χ4n) is 4.32. The van der Waals surface area contributed by atoms with Gasteiger partial charge in [-0.15, -0.1) is 0 Å². The molecule has 1 aliphatic rings. The van der Waals surface area contributed by atoms with Gasteiger partial charge in [-0.3, -0.25) is 9.59 Å². The van der Waals surface area contributed by atoms with E-state index >= 15 is 0 Å². The molecule has 8 heteroatoms. The molecule has 0 fully saturated rings. The molecule has 3 aromatic carbocycles. The molecule has 0 saturated carbocycles. The monoisotopic (exact) mass is 455 g/mol. The zero-order valence-corrected chi connectivity index (χ0v) is 18.5. The second-order valence-corrected chi connectivity index (χ2v) is 8.14. The van der Waals surface area contributed by atoms with Gasteiger partial charge in [-0.25, -0.2) is 14.4 Å². The normalized spacial score (nSPS) is 12.6. The van der Waals surface area contributed by atoms with Crippen molar-refractivity contribution >= 4 is 28.7 Å².